The lowest BCUT2D eigenvalue weighted by Crippen LogP contribution is -1.96. The summed E-state index contributed by atoms with van der Waals surface area (Å²) in [6, 6.07) is 13.2. The molecule has 4 heteroatoms. The first kappa shape index (κ1) is 16.6. The molecule has 23 heavy (non-hydrogen) atoms. The average Bonchev–Trinajstić information content (AvgIpc) is 2.59. The smallest absolute Gasteiger partial charge is 0.200 e. The Morgan fingerprint density at radius 3 is 2.26 bits per heavy atom. The number of methoxy groups -OCH3 is 2. The van der Waals surface area contributed by atoms with Gasteiger partial charge in [0.1, 0.15) is 0 Å². The summed E-state index contributed by atoms with van der Waals surface area (Å²) in [6.45, 7) is 0. The van der Waals surface area contributed by atoms with E-state index >= 15 is 0 Å². The van der Waals surface area contributed by atoms with E-state index in [4.69, 9.17) is 9.47 Å². The largest absolute Gasteiger partial charge is 0.502 e. The monoisotopic (exact) mass is 312 g/mol. The highest BCUT2D eigenvalue weighted by Crippen LogP contribution is 2.37. The maximum Gasteiger partial charge on any atom is 0.200 e. The third-order valence-electron chi connectivity index (χ3n) is 3.47. The van der Waals surface area contributed by atoms with Crippen LogP contribution in [-0.4, -0.2) is 25.1 Å². The Hall–Kier alpha value is -2.75. The van der Waals surface area contributed by atoms with Crippen molar-refractivity contribution in [2.75, 3.05) is 14.2 Å². The van der Waals surface area contributed by atoms with Crippen LogP contribution in [0.2, 0.25) is 0 Å². The van der Waals surface area contributed by atoms with Gasteiger partial charge in [-0.3, -0.25) is 4.79 Å². The second kappa shape index (κ2) is 8.03. The standard InChI is InChI=1S/C19H20O4/c1-22-17-12-15(13-18(23-2)19(17)21)9-11-16(20)10-8-14-6-4-3-5-7-14/h3-7,9,11-13,21H,8,10H2,1-2H3. The summed E-state index contributed by atoms with van der Waals surface area (Å²) in [5.74, 6) is 0.601. The summed E-state index contributed by atoms with van der Waals surface area (Å²) in [4.78, 5) is 12.0. The molecule has 2 aromatic rings. The molecule has 0 saturated heterocycles. The zero-order valence-electron chi connectivity index (χ0n) is 13.3. The van der Waals surface area contributed by atoms with E-state index in [1.54, 1.807) is 18.2 Å². The van der Waals surface area contributed by atoms with Crippen LogP contribution in [0.5, 0.6) is 17.2 Å². The van der Waals surface area contributed by atoms with E-state index in [1.807, 2.05) is 30.3 Å². The van der Waals surface area contributed by atoms with Crippen molar-refractivity contribution >= 4 is 11.9 Å². The number of aryl methyl sites for hydroxylation is 1. The predicted octanol–water partition coefficient (Wildman–Crippen LogP) is 3.62. The molecule has 4 nitrogen and oxygen atoms in total. The lowest BCUT2D eigenvalue weighted by molar-refractivity contribution is -0.114. The lowest BCUT2D eigenvalue weighted by Gasteiger charge is -2.09. The van der Waals surface area contributed by atoms with Crippen molar-refractivity contribution in [2.24, 2.45) is 0 Å². The number of phenols is 1. The Balaban J connectivity index is 2.03. The summed E-state index contributed by atoms with van der Waals surface area (Å²) < 4.78 is 10.2. The Bertz CT molecular complexity index is 665. The molecule has 0 bridgehead atoms. The van der Waals surface area contributed by atoms with Crippen LogP contribution in [0.4, 0.5) is 0 Å². The summed E-state index contributed by atoms with van der Waals surface area (Å²) in [6.07, 6.45) is 4.39. The molecule has 0 fully saturated rings. The first-order valence-corrected chi connectivity index (χ1v) is 7.34. The van der Waals surface area contributed by atoms with E-state index in [9.17, 15) is 9.90 Å². The van der Waals surface area contributed by atoms with Gasteiger partial charge in [0, 0.05) is 6.42 Å². The van der Waals surface area contributed by atoms with E-state index in [0.717, 1.165) is 11.1 Å². The minimum atomic E-state index is -0.0532. The number of allylic oxidation sites excluding steroid dienone is 1. The van der Waals surface area contributed by atoms with E-state index in [1.165, 1.54) is 20.3 Å². The minimum Gasteiger partial charge on any atom is -0.502 e. The van der Waals surface area contributed by atoms with Crippen LogP contribution in [0.15, 0.2) is 48.5 Å². The molecule has 1 N–H and O–H groups in total. The number of hydrogen-bond acceptors (Lipinski definition) is 4. The Morgan fingerprint density at radius 2 is 1.70 bits per heavy atom. The van der Waals surface area contributed by atoms with Crippen LogP contribution in [0, 0.1) is 0 Å². The van der Waals surface area contributed by atoms with Crippen molar-refractivity contribution in [1.82, 2.24) is 0 Å². The van der Waals surface area contributed by atoms with Crippen molar-refractivity contribution in [1.29, 1.82) is 0 Å². The topological polar surface area (TPSA) is 55.8 Å². The molecule has 0 saturated carbocycles. The van der Waals surface area contributed by atoms with Crippen molar-refractivity contribution in [3.8, 4) is 17.2 Å². The zero-order valence-corrected chi connectivity index (χ0v) is 13.3. The normalized spacial score (nSPS) is 10.7. The maximum absolute atomic E-state index is 12.0. The summed E-state index contributed by atoms with van der Waals surface area (Å²) in [5, 5.41) is 9.86. The van der Waals surface area contributed by atoms with Gasteiger partial charge in [-0.1, -0.05) is 36.4 Å². The number of hydrogen-bond donors (Lipinski definition) is 1. The van der Waals surface area contributed by atoms with Crippen molar-refractivity contribution in [2.45, 2.75) is 12.8 Å². The van der Waals surface area contributed by atoms with E-state index in [-0.39, 0.29) is 11.5 Å². The van der Waals surface area contributed by atoms with Gasteiger partial charge >= 0.3 is 0 Å². The van der Waals surface area contributed by atoms with Crippen LogP contribution in [-0.2, 0) is 11.2 Å². The van der Waals surface area contributed by atoms with Gasteiger partial charge in [-0.25, -0.2) is 0 Å². The molecule has 2 aromatic carbocycles. The summed E-state index contributed by atoms with van der Waals surface area (Å²) >= 11 is 0. The molecule has 0 amide bonds. The van der Waals surface area contributed by atoms with Gasteiger partial charge in [0.25, 0.3) is 0 Å². The molecule has 0 spiro atoms. The van der Waals surface area contributed by atoms with Gasteiger partial charge < -0.3 is 14.6 Å². The number of ketones is 1. The number of ether oxygens (including phenoxy) is 2. The molecule has 0 radical (unpaired) electrons. The third kappa shape index (κ3) is 4.61. The number of rotatable bonds is 7. The fourth-order valence-corrected chi connectivity index (χ4v) is 2.19. The number of aromatic hydroxyl groups is 1. The molecular weight excluding hydrogens is 292 g/mol. The second-order valence-corrected chi connectivity index (χ2v) is 5.06. The Labute approximate surface area is 136 Å². The summed E-state index contributed by atoms with van der Waals surface area (Å²) in [5.41, 5.74) is 1.87. The molecule has 0 heterocycles. The SMILES string of the molecule is COc1cc(C=CC(=O)CCc2ccccc2)cc(OC)c1O. The average molecular weight is 312 g/mol. The van der Waals surface area contributed by atoms with Gasteiger partial charge in [-0.2, -0.15) is 0 Å². The first-order chi connectivity index (χ1) is 11.1. The zero-order chi connectivity index (χ0) is 16.7. The molecule has 120 valence electrons. The number of benzene rings is 2. The molecule has 0 unspecified atom stereocenters. The molecule has 0 aliphatic heterocycles. The molecule has 0 aliphatic rings. The fourth-order valence-electron chi connectivity index (χ4n) is 2.19. The maximum atomic E-state index is 12.0. The van der Waals surface area contributed by atoms with Gasteiger partial charge in [-0.05, 0) is 35.8 Å². The van der Waals surface area contributed by atoms with E-state index in [2.05, 4.69) is 0 Å². The van der Waals surface area contributed by atoms with Gasteiger partial charge in [0.2, 0.25) is 5.75 Å². The van der Waals surface area contributed by atoms with Gasteiger partial charge in [0.05, 0.1) is 14.2 Å². The minimum absolute atomic E-state index is 0.0415. The van der Waals surface area contributed by atoms with Crippen molar-refractivity contribution in [3.63, 3.8) is 0 Å². The van der Waals surface area contributed by atoms with Crippen LogP contribution in [0.3, 0.4) is 0 Å². The van der Waals surface area contributed by atoms with Crippen LogP contribution in [0.1, 0.15) is 17.5 Å². The van der Waals surface area contributed by atoms with Crippen LogP contribution in [0.25, 0.3) is 6.08 Å². The lowest BCUT2D eigenvalue weighted by atomic mass is 10.1. The van der Waals surface area contributed by atoms with Crippen molar-refractivity contribution in [3.05, 3.63) is 59.7 Å². The highest BCUT2D eigenvalue weighted by atomic mass is 16.5. The van der Waals surface area contributed by atoms with Crippen LogP contribution >= 0.6 is 0 Å². The fraction of sp³-hybridized carbons (Fsp3) is 0.211. The summed E-state index contributed by atoms with van der Waals surface area (Å²) in [7, 11) is 2.93. The quantitative estimate of drug-likeness (QED) is 0.793. The van der Waals surface area contributed by atoms with Crippen LogP contribution < -0.4 is 9.47 Å². The molecule has 0 aliphatic carbocycles. The third-order valence-corrected chi connectivity index (χ3v) is 3.47. The Kier molecular flexibility index (Phi) is 5.80. The second-order valence-electron chi connectivity index (χ2n) is 5.06. The van der Waals surface area contributed by atoms with Gasteiger partial charge in [0.15, 0.2) is 17.3 Å². The molecular formula is C19H20O4. The molecule has 0 aromatic heterocycles. The predicted molar refractivity (Wildman–Crippen MR) is 90.0 cm³/mol. The van der Waals surface area contributed by atoms with E-state index < -0.39 is 0 Å². The Morgan fingerprint density at radius 1 is 1.09 bits per heavy atom. The highest BCUT2D eigenvalue weighted by Gasteiger charge is 2.10. The van der Waals surface area contributed by atoms with E-state index in [0.29, 0.717) is 24.3 Å². The number of phenolic OH excluding ortho intramolecular Hbond substituents is 1. The molecule has 2 rings (SSSR count). The first-order valence-electron chi connectivity index (χ1n) is 7.34. The molecule has 0 atom stereocenters. The number of carbonyl (C=O) groups excluding carboxylic acids is 1. The highest BCUT2D eigenvalue weighted by molar-refractivity contribution is 5.93. The number of carbonyl (C=O) groups is 1. The van der Waals surface area contributed by atoms with Gasteiger partial charge in [-0.15, -0.1) is 0 Å². The van der Waals surface area contributed by atoms with Crippen molar-refractivity contribution < 1.29 is 19.4 Å².